The van der Waals surface area contributed by atoms with Crippen LogP contribution in [0.4, 0.5) is 0 Å². The number of nitrogens with zero attached hydrogens (tertiary/aromatic N) is 2. The summed E-state index contributed by atoms with van der Waals surface area (Å²) in [5.74, 6) is 0.866. The summed E-state index contributed by atoms with van der Waals surface area (Å²) in [5, 5.41) is 5.41. The quantitative estimate of drug-likeness (QED) is 0.446. The molecular weight excluding hydrogens is 396 g/mol. The maximum atomic E-state index is 13.3. The number of ether oxygens (including phenoxy) is 2. The van der Waals surface area contributed by atoms with Gasteiger partial charge in [-0.1, -0.05) is 0 Å². The third-order valence-electron chi connectivity index (χ3n) is 4.86. The lowest BCUT2D eigenvalue weighted by Crippen LogP contribution is -2.11. The van der Waals surface area contributed by atoms with E-state index in [2.05, 4.69) is 5.10 Å². The molecule has 1 aromatic heterocycles. The Balaban J connectivity index is 1.95. The van der Waals surface area contributed by atoms with Crippen molar-refractivity contribution in [2.24, 2.45) is 0 Å². The summed E-state index contributed by atoms with van der Waals surface area (Å²) in [7, 11) is -0.500. The molecule has 0 fully saturated rings. The Morgan fingerprint density at radius 3 is 2.48 bits per heavy atom. The zero-order chi connectivity index (χ0) is 20.9. The van der Waals surface area contributed by atoms with E-state index in [9.17, 15) is 13.2 Å². The average Bonchev–Trinajstić information content (AvgIpc) is 3.02. The Labute approximate surface area is 168 Å². The van der Waals surface area contributed by atoms with Crippen LogP contribution in [0.15, 0.2) is 24.3 Å². The van der Waals surface area contributed by atoms with E-state index in [0.29, 0.717) is 33.9 Å². The van der Waals surface area contributed by atoms with Crippen molar-refractivity contribution in [3.63, 3.8) is 0 Å². The zero-order valence-corrected chi connectivity index (χ0v) is 17.3. The van der Waals surface area contributed by atoms with Gasteiger partial charge in [-0.15, -0.1) is 0 Å². The summed E-state index contributed by atoms with van der Waals surface area (Å²) in [6.45, 7) is 2.06. The third-order valence-corrected chi connectivity index (χ3v) is 5.45. The second kappa shape index (κ2) is 6.85. The Hall–Kier alpha value is -2.91. The number of aryl methyl sites for hydroxylation is 1. The lowest BCUT2D eigenvalue weighted by molar-refractivity contribution is 0.103. The SMILES string of the molecule is COc1cc(OC)c2c(c1)C(=O)c1cc(C)cc3c1c-2nn3CCOS(C)(=O)=O. The summed E-state index contributed by atoms with van der Waals surface area (Å²) in [5.41, 5.74) is 3.86. The second-order valence-corrected chi connectivity index (χ2v) is 8.53. The van der Waals surface area contributed by atoms with Gasteiger partial charge in [0.15, 0.2) is 5.78 Å². The molecule has 4 rings (SSSR count). The number of hydrogen-bond acceptors (Lipinski definition) is 7. The van der Waals surface area contributed by atoms with Crippen LogP contribution in [0, 0.1) is 6.92 Å². The van der Waals surface area contributed by atoms with Crippen LogP contribution in [0.2, 0.25) is 0 Å². The number of rotatable bonds is 6. The van der Waals surface area contributed by atoms with E-state index in [0.717, 1.165) is 22.7 Å². The van der Waals surface area contributed by atoms with Crippen molar-refractivity contribution < 1.29 is 26.9 Å². The Morgan fingerprint density at radius 1 is 1.07 bits per heavy atom. The molecule has 3 aromatic rings. The number of aromatic nitrogens is 2. The number of methoxy groups -OCH3 is 2. The molecule has 0 radical (unpaired) electrons. The summed E-state index contributed by atoms with van der Waals surface area (Å²) >= 11 is 0. The van der Waals surface area contributed by atoms with E-state index in [1.54, 1.807) is 16.8 Å². The van der Waals surface area contributed by atoms with Gasteiger partial charge in [0.1, 0.15) is 17.2 Å². The van der Waals surface area contributed by atoms with Gasteiger partial charge in [0.2, 0.25) is 0 Å². The van der Waals surface area contributed by atoms with Crippen LogP contribution in [-0.2, 0) is 20.8 Å². The van der Waals surface area contributed by atoms with E-state index in [4.69, 9.17) is 13.7 Å². The molecule has 0 aliphatic heterocycles. The first-order chi connectivity index (χ1) is 13.7. The first-order valence-electron chi connectivity index (χ1n) is 8.90. The smallest absolute Gasteiger partial charge is 0.264 e. The molecule has 0 N–H and O–H groups in total. The number of ketones is 1. The minimum atomic E-state index is -3.56. The molecule has 1 aliphatic rings. The minimum absolute atomic E-state index is 0.0567. The van der Waals surface area contributed by atoms with Crippen molar-refractivity contribution in [1.82, 2.24) is 9.78 Å². The molecule has 9 heteroatoms. The Bertz CT molecular complexity index is 1260. The molecule has 0 atom stereocenters. The molecule has 0 amide bonds. The van der Waals surface area contributed by atoms with Gasteiger partial charge in [-0.2, -0.15) is 13.5 Å². The summed E-state index contributed by atoms with van der Waals surface area (Å²) < 4.78 is 40.0. The van der Waals surface area contributed by atoms with Gasteiger partial charge >= 0.3 is 0 Å². The zero-order valence-electron chi connectivity index (χ0n) is 16.5. The van der Waals surface area contributed by atoms with Gasteiger partial charge < -0.3 is 9.47 Å². The van der Waals surface area contributed by atoms with Crippen LogP contribution in [0.25, 0.3) is 22.2 Å². The lowest BCUT2D eigenvalue weighted by atomic mass is 9.86. The van der Waals surface area contributed by atoms with E-state index < -0.39 is 10.1 Å². The number of carbonyl (C=O) groups is 1. The van der Waals surface area contributed by atoms with Gasteiger partial charge in [0, 0.05) is 22.6 Å². The minimum Gasteiger partial charge on any atom is -0.497 e. The highest BCUT2D eigenvalue weighted by Crippen LogP contribution is 2.45. The summed E-state index contributed by atoms with van der Waals surface area (Å²) in [4.78, 5) is 13.3. The van der Waals surface area contributed by atoms with Crippen LogP contribution >= 0.6 is 0 Å². The number of benzene rings is 2. The maximum absolute atomic E-state index is 13.3. The normalized spacial score (nSPS) is 12.9. The van der Waals surface area contributed by atoms with Crippen molar-refractivity contribution in [2.75, 3.05) is 27.1 Å². The van der Waals surface area contributed by atoms with Gasteiger partial charge in [0.05, 0.1) is 44.7 Å². The fraction of sp³-hybridized carbons (Fsp3) is 0.300. The third kappa shape index (κ3) is 3.26. The van der Waals surface area contributed by atoms with Crippen LogP contribution in [0.1, 0.15) is 21.5 Å². The Morgan fingerprint density at radius 2 is 1.83 bits per heavy atom. The van der Waals surface area contributed by atoms with Crippen LogP contribution in [0.5, 0.6) is 11.5 Å². The highest BCUT2D eigenvalue weighted by molar-refractivity contribution is 7.85. The van der Waals surface area contributed by atoms with Crippen molar-refractivity contribution in [3.8, 4) is 22.8 Å². The Kier molecular flexibility index (Phi) is 4.59. The molecule has 0 spiro atoms. The first-order valence-corrected chi connectivity index (χ1v) is 10.7. The highest BCUT2D eigenvalue weighted by Gasteiger charge is 2.32. The van der Waals surface area contributed by atoms with E-state index in [-0.39, 0.29) is 18.9 Å². The summed E-state index contributed by atoms with van der Waals surface area (Å²) in [6, 6.07) is 7.15. The molecule has 0 bridgehead atoms. The molecule has 0 saturated heterocycles. The molecule has 2 aromatic carbocycles. The van der Waals surface area contributed by atoms with E-state index >= 15 is 0 Å². The number of fused-ring (bicyclic) bond motifs is 2. The van der Waals surface area contributed by atoms with Crippen LogP contribution < -0.4 is 9.47 Å². The largest absolute Gasteiger partial charge is 0.497 e. The predicted octanol–water partition coefficient (Wildman–Crippen LogP) is 2.55. The maximum Gasteiger partial charge on any atom is 0.264 e. The van der Waals surface area contributed by atoms with E-state index in [1.165, 1.54) is 14.2 Å². The van der Waals surface area contributed by atoms with Gasteiger partial charge in [0.25, 0.3) is 10.1 Å². The monoisotopic (exact) mass is 416 g/mol. The van der Waals surface area contributed by atoms with Crippen LogP contribution in [0.3, 0.4) is 0 Å². The topological polar surface area (TPSA) is 96.7 Å². The number of carbonyl (C=O) groups excluding carboxylic acids is 1. The van der Waals surface area contributed by atoms with Crippen molar-refractivity contribution in [3.05, 3.63) is 41.0 Å². The standard InChI is InChI=1S/C20H20N2O6S/c1-11-7-13-17-15(8-11)22(5-6-28-29(4,24)25)21-19(17)18-14(20(13)23)9-12(26-2)10-16(18)27-3/h7-10H,5-6H2,1-4H3. The second-order valence-electron chi connectivity index (χ2n) is 6.89. The molecule has 1 aliphatic carbocycles. The highest BCUT2D eigenvalue weighted by atomic mass is 32.2. The fourth-order valence-electron chi connectivity index (χ4n) is 3.68. The van der Waals surface area contributed by atoms with Gasteiger partial charge in [-0.05, 0) is 30.7 Å². The molecule has 29 heavy (non-hydrogen) atoms. The molecule has 152 valence electrons. The van der Waals surface area contributed by atoms with Crippen LogP contribution in [-0.4, -0.2) is 51.1 Å². The van der Waals surface area contributed by atoms with Crippen molar-refractivity contribution >= 4 is 26.8 Å². The van der Waals surface area contributed by atoms with Gasteiger partial charge in [-0.25, -0.2) is 0 Å². The first kappa shape index (κ1) is 19.4. The lowest BCUT2D eigenvalue weighted by Gasteiger charge is -2.19. The average molecular weight is 416 g/mol. The van der Waals surface area contributed by atoms with Gasteiger partial charge in [-0.3, -0.25) is 13.7 Å². The molecule has 1 heterocycles. The molecular formula is C20H20N2O6S. The molecule has 0 unspecified atom stereocenters. The van der Waals surface area contributed by atoms with Crippen molar-refractivity contribution in [1.29, 1.82) is 0 Å². The predicted molar refractivity (Wildman–Crippen MR) is 107 cm³/mol. The van der Waals surface area contributed by atoms with E-state index in [1.807, 2.05) is 19.1 Å². The molecule has 8 nitrogen and oxygen atoms in total. The van der Waals surface area contributed by atoms with Crippen molar-refractivity contribution in [2.45, 2.75) is 13.5 Å². The fourth-order valence-corrected chi connectivity index (χ4v) is 4.06. The summed E-state index contributed by atoms with van der Waals surface area (Å²) in [6.07, 6.45) is 1.00. The number of hydrogen-bond donors (Lipinski definition) is 0. The molecule has 0 saturated carbocycles.